The highest BCUT2D eigenvalue weighted by atomic mass is 16.3. The third kappa shape index (κ3) is 5.89. The molecule has 2 heterocycles. The molecule has 0 unspecified atom stereocenters. The zero-order chi connectivity index (χ0) is 43.5. The highest BCUT2D eigenvalue weighted by Gasteiger charge is 2.30. The second-order valence-electron chi connectivity index (χ2n) is 19.4. The maximum absolute atomic E-state index is 6.52. The van der Waals surface area contributed by atoms with Gasteiger partial charge in [0.1, 0.15) is 22.3 Å². The Morgan fingerprint density at radius 3 is 1.06 bits per heavy atom. The molecule has 12 aromatic rings. The Balaban J connectivity index is 1.19. The molecule has 10 aromatic carbocycles. The maximum Gasteiger partial charge on any atom is 0.137 e. The Morgan fingerprint density at radius 2 is 0.656 bits per heavy atom. The largest absolute Gasteiger partial charge is 0.456 e. The van der Waals surface area contributed by atoms with E-state index in [1.807, 2.05) is 12.1 Å². The van der Waals surface area contributed by atoms with E-state index in [2.05, 4.69) is 221 Å². The van der Waals surface area contributed by atoms with Gasteiger partial charge in [-0.2, -0.15) is 0 Å². The molecule has 64 heavy (non-hydrogen) atoms. The number of benzene rings is 10. The van der Waals surface area contributed by atoms with Crippen LogP contribution in [0.5, 0.6) is 0 Å². The molecule has 0 aliphatic carbocycles. The van der Waals surface area contributed by atoms with Crippen molar-refractivity contribution < 1.29 is 8.83 Å². The number of para-hydroxylation sites is 4. The molecule has 0 atom stereocenters. The van der Waals surface area contributed by atoms with Gasteiger partial charge in [-0.25, -0.2) is 0 Å². The first kappa shape index (κ1) is 38.1. The van der Waals surface area contributed by atoms with Crippen molar-refractivity contribution in [1.29, 1.82) is 0 Å². The quantitative estimate of drug-likeness (QED) is 0.156. The molecule has 4 nitrogen and oxygen atoms in total. The van der Waals surface area contributed by atoms with E-state index in [4.69, 9.17) is 8.83 Å². The van der Waals surface area contributed by atoms with E-state index < -0.39 is 0 Å². The summed E-state index contributed by atoms with van der Waals surface area (Å²) >= 11 is 0. The number of hydrogen-bond donors (Lipinski definition) is 0. The van der Waals surface area contributed by atoms with Gasteiger partial charge >= 0.3 is 0 Å². The van der Waals surface area contributed by atoms with Gasteiger partial charge in [-0.1, -0.05) is 126 Å². The number of furan rings is 2. The zero-order valence-electron chi connectivity index (χ0n) is 37.0. The molecule has 0 radical (unpaired) electrons. The standard InChI is InChI=1S/C60H48N2O2/c1-59(2,3)49-35-47-51(61(37-17-9-7-10-18-37)39-25-27-43-41-21-13-15-23-53(41)63-55(43)33-39)32-30-46-50(60(4,5)6)36-48-52(31-29-45(49)57(48)58(46)47)62(38-19-11-8-12-20-38)40-26-28-44-42-22-14-16-24-54(42)64-56(44)34-40/h7-36H,1-6H3. The summed E-state index contributed by atoms with van der Waals surface area (Å²) in [6, 6.07) is 65.9. The minimum absolute atomic E-state index is 0.162. The molecule has 310 valence electrons. The van der Waals surface area contributed by atoms with Crippen LogP contribution in [0, 0.1) is 0 Å². The molecule has 0 saturated carbocycles. The van der Waals surface area contributed by atoms with Gasteiger partial charge in [0.25, 0.3) is 0 Å². The summed E-state index contributed by atoms with van der Waals surface area (Å²) in [6.07, 6.45) is 0. The Kier molecular flexibility index (Phi) is 8.33. The first-order chi connectivity index (χ1) is 31.0. The van der Waals surface area contributed by atoms with E-state index in [-0.39, 0.29) is 10.8 Å². The van der Waals surface area contributed by atoms with Crippen LogP contribution in [0.3, 0.4) is 0 Å². The van der Waals surface area contributed by atoms with Crippen LogP contribution in [0.1, 0.15) is 52.7 Å². The summed E-state index contributed by atoms with van der Waals surface area (Å²) in [7, 11) is 0. The van der Waals surface area contributed by atoms with E-state index in [0.717, 1.165) is 78.0 Å². The predicted octanol–water partition coefficient (Wildman–Crippen LogP) is 17.9. The molecule has 0 bridgehead atoms. The maximum atomic E-state index is 6.52. The smallest absolute Gasteiger partial charge is 0.137 e. The third-order valence-corrected chi connectivity index (χ3v) is 13.2. The van der Waals surface area contributed by atoms with Crippen molar-refractivity contribution in [2.24, 2.45) is 0 Å². The first-order valence-electron chi connectivity index (χ1n) is 22.3. The summed E-state index contributed by atoms with van der Waals surface area (Å²) in [5.41, 5.74) is 12.3. The fourth-order valence-corrected chi connectivity index (χ4v) is 10.3. The molecular weight excluding hydrogens is 781 g/mol. The molecule has 0 fully saturated rings. The molecule has 0 aliphatic heterocycles. The topological polar surface area (TPSA) is 32.8 Å². The van der Waals surface area contributed by atoms with Gasteiger partial charge in [-0.05, 0) is 128 Å². The molecule has 0 amide bonds. The monoisotopic (exact) mass is 828 g/mol. The van der Waals surface area contributed by atoms with Crippen LogP contribution in [0.2, 0.25) is 0 Å². The van der Waals surface area contributed by atoms with Crippen molar-refractivity contribution >= 4 is 110 Å². The van der Waals surface area contributed by atoms with Crippen molar-refractivity contribution in [2.75, 3.05) is 9.80 Å². The fraction of sp³-hybridized carbons (Fsp3) is 0.133. The van der Waals surface area contributed by atoms with Gasteiger partial charge in [0.15, 0.2) is 0 Å². The van der Waals surface area contributed by atoms with E-state index in [1.165, 1.54) is 43.4 Å². The lowest BCUT2D eigenvalue weighted by molar-refractivity contribution is 0.595. The van der Waals surface area contributed by atoms with Crippen LogP contribution in [0.25, 0.3) is 76.2 Å². The molecule has 2 aromatic heterocycles. The first-order valence-corrected chi connectivity index (χ1v) is 22.3. The molecule has 4 heteroatoms. The van der Waals surface area contributed by atoms with Crippen LogP contribution in [-0.4, -0.2) is 0 Å². The Bertz CT molecular complexity index is 3500. The lowest BCUT2D eigenvalue weighted by Crippen LogP contribution is -2.17. The number of nitrogens with zero attached hydrogens (tertiary/aromatic N) is 2. The van der Waals surface area contributed by atoms with Crippen LogP contribution < -0.4 is 9.80 Å². The number of anilines is 6. The van der Waals surface area contributed by atoms with Gasteiger partial charge in [-0.15, -0.1) is 0 Å². The lowest BCUT2D eigenvalue weighted by Gasteiger charge is -2.33. The summed E-state index contributed by atoms with van der Waals surface area (Å²) in [5.74, 6) is 0. The van der Waals surface area contributed by atoms with Gasteiger partial charge in [0, 0.05) is 67.2 Å². The minimum atomic E-state index is -0.162. The van der Waals surface area contributed by atoms with Gasteiger partial charge in [0.05, 0.1) is 11.4 Å². The van der Waals surface area contributed by atoms with E-state index in [1.54, 1.807) is 0 Å². The minimum Gasteiger partial charge on any atom is -0.456 e. The van der Waals surface area contributed by atoms with Crippen molar-refractivity contribution in [1.82, 2.24) is 0 Å². The average Bonchev–Trinajstić information content (AvgIpc) is 3.86. The third-order valence-electron chi connectivity index (χ3n) is 13.2. The molecule has 0 aliphatic rings. The SMILES string of the molecule is CC(C)(C)c1cc2c(N(c3ccccc3)c3ccc4c(c3)oc3ccccc34)ccc3c(C(C)(C)C)cc4c(N(c5ccccc5)c5ccc6c(c5)oc5ccccc56)ccc1c4c23. The summed E-state index contributed by atoms with van der Waals surface area (Å²) in [5, 5.41) is 12.0. The van der Waals surface area contributed by atoms with Crippen LogP contribution in [0.15, 0.2) is 191 Å². The van der Waals surface area contributed by atoms with Crippen LogP contribution >= 0.6 is 0 Å². The van der Waals surface area contributed by atoms with Gasteiger partial charge in [0.2, 0.25) is 0 Å². The summed E-state index contributed by atoms with van der Waals surface area (Å²) < 4.78 is 13.0. The molecule has 0 N–H and O–H groups in total. The van der Waals surface area contributed by atoms with Crippen molar-refractivity contribution in [3.63, 3.8) is 0 Å². The normalized spacial score (nSPS) is 12.5. The molecular formula is C60H48N2O2. The molecule has 0 saturated heterocycles. The van der Waals surface area contributed by atoms with Gasteiger partial charge in [-0.3, -0.25) is 0 Å². The lowest BCUT2D eigenvalue weighted by atomic mass is 9.76. The van der Waals surface area contributed by atoms with Crippen molar-refractivity contribution in [3.8, 4) is 0 Å². The van der Waals surface area contributed by atoms with E-state index in [9.17, 15) is 0 Å². The zero-order valence-corrected chi connectivity index (χ0v) is 37.0. The second-order valence-corrected chi connectivity index (χ2v) is 19.4. The van der Waals surface area contributed by atoms with E-state index in [0.29, 0.717) is 0 Å². The summed E-state index contributed by atoms with van der Waals surface area (Å²) in [6.45, 7) is 14.1. The number of hydrogen-bond acceptors (Lipinski definition) is 4. The highest BCUT2D eigenvalue weighted by Crippen LogP contribution is 2.52. The van der Waals surface area contributed by atoms with Crippen LogP contribution in [0.4, 0.5) is 34.1 Å². The highest BCUT2D eigenvalue weighted by molar-refractivity contribution is 6.30. The number of fused-ring (bicyclic) bond motifs is 6. The number of rotatable bonds is 6. The Morgan fingerprint density at radius 1 is 0.297 bits per heavy atom. The second kappa shape index (κ2) is 14.0. The van der Waals surface area contributed by atoms with Gasteiger partial charge < -0.3 is 18.6 Å². The van der Waals surface area contributed by atoms with Crippen molar-refractivity contribution in [3.05, 3.63) is 193 Å². The Labute approximate surface area is 372 Å². The molecule has 12 rings (SSSR count). The predicted molar refractivity (Wildman–Crippen MR) is 271 cm³/mol. The Hall–Kier alpha value is -7.56. The summed E-state index contributed by atoms with van der Waals surface area (Å²) in [4.78, 5) is 4.84. The molecule has 0 spiro atoms. The van der Waals surface area contributed by atoms with E-state index >= 15 is 0 Å². The average molecular weight is 829 g/mol. The van der Waals surface area contributed by atoms with Crippen LogP contribution in [-0.2, 0) is 10.8 Å². The van der Waals surface area contributed by atoms with Crippen molar-refractivity contribution in [2.45, 2.75) is 52.4 Å². The fourth-order valence-electron chi connectivity index (χ4n) is 10.3.